The smallest absolute Gasteiger partial charge is 0.489 e. The van der Waals surface area contributed by atoms with Crippen LogP contribution in [0, 0.1) is 5.92 Å². The molecule has 10 nitrogen and oxygen atoms in total. The Bertz CT molecular complexity index is 1510. The van der Waals surface area contributed by atoms with Crippen LogP contribution in [0.1, 0.15) is 36.0 Å². The number of rotatable bonds is 11. The van der Waals surface area contributed by atoms with Crippen LogP contribution in [-0.4, -0.2) is 77.7 Å². The molecule has 0 spiro atoms. The van der Waals surface area contributed by atoms with Gasteiger partial charge in [0.15, 0.2) is 0 Å². The number of piperazine rings is 1. The van der Waals surface area contributed by atoms with Crippen molar-refractivity contribution in [2.24, 2.45) is 5.92 Å². The van der Waals surface area contributed by atoms with Crippen molar-refractivity contribution in [3.8, 4) is 22.8 Å². The molecule has 1 aliphatic heterocycles. The Morgan fingerprint density at radius 1 is 1.00 bits per heavy atom. The number of anilines is 2. The minimum Gasteiger partial charge on any atom is -0.489 e. The molecule has 2 aliphatic carbocycles. The van der Waals surface area contributed by atoms with Crippen molar-refractivity contribution in [3.63, 3.8) is 0 Å². The summed E-state index contributed by atoms with van der Waals surface area (Å²) in [7, 11) is 0. The Labute approximate surface area is 258 Å². The van der Waals surface area contributed by atoms with Gasteiger partial charge in [-0.15, -0.1) is 13.2 Å². The summed E-state index contributed by atoms with van der Waals surface area (Å²) in [5, 5.41) is 8.90. The first-order valence-electron chi connectivity index (χ1n) is 15.2. The molecular weight excluding hydrogens is 591 g/mol. The minimum absolute atomic E-state index is 0.180. The summed E-state index contributed by atoms with van der Waals surface area (Å²) in [4.78, 5) is 24.8. The molecule has 3 aliphatic rings. The average Bonchev–Trinajstić information content (AvgIpc) is 2.98. The van der Waals surface area contributed by atoms with Gasteiger partial charge in [0.05, 0.1) is 18.4 Å². The second-order valence-electron chi connectivity index (χ2n) is 11.8. The second-order valence-corrected chi connectivity index (χ2v) is 11.8. The van der Waals surface area contributed by atoms with Gasteiger partial charge in [-0.05, 0) is 73.1 Å². The molecule has 0 radical (unpaired) electrons. The highest BCUT2D eigenvalue weighted by Gasteiger charge is 2.32. The van der Waals surface area contributed by atoms with Gasteiger partial charge in [0.25, 0.3) is 0 Å². The molecule has 2 fully saturated rings. The van der Waals surface area contributed by atoms with Crippen molar-refractivity contribution < 1.29 is 37.3 Å². The predicted molar refractivity (Wildman–Crippen MR) is 160 cm³/mol. The molecule has 2 aromatic carbocycles. The van der Waals surface area contributed by atoms with Crippen LogP contribution >= 0.6 is 0 Å². The fourth-order valence-corrected chi connectivity index (χ4v) is 6.27. The number of carbonyl (C=O) groups is 1. The first-order valence-corrected chi connectivity index (χ1v) is 15.2. The number of aliphatic carboxylic acids is 1. The number of nitrogens with two attached hydrogens (primary N) is 1. The van der Waals surface area contributed by atoms with Crippen LogP contribution in [0.25, 0.3) is 11.3 Å². The summed E-state index contributed by atoms with van der Waals surface area (Å²) in [6.07, 6.45) is -1.10. The molecule has 1 aromatic heterocycles. The van der Waals surface area contributed by atoms with Crippen molar-refractivity contribution >= 4 is 17.7 Å². The zero-order valence-corrected chi connectivity index (χ0v) is 24.8. The van der Waals surface area contributed by atoms with E-state index in [9.17, 15) is 18.0 Å². The molecule has 45 heavy (non-hydrogen) atoms. The van der Waals surface area contributed by atoms with Gasteiger partial charge in [-0.2, -0.15) is 4.98 Å². The lowest BCUT2D eigenvalue weighted by Gasteiger charge is -2.38. The quantitative estimate of drug-likeness (QED) is 0.310. The number of aromatic nitrogens is 2. The van der Waals surface area contributed by atoms with Crippen molar-refractivity contribution in [1.82, 2.24) is 14.9 Å². The van der Waals surface area contributed by atoms with Gasteiger partial charge < -0.3 is 30.0 Å². The van der Waals surface area contributed by atoms with E-state index in [1.54, 1.807) is 12.1 Å². The Hall–Kier alpha value is -4.10. The number of hydrogen-bond donors (Lipinski definition) is 2. The van der Waals surface area contributed by atoms with E-state index in [1.165, 1.54) is 12.1 Å². The van der Waals surface area contributed by atoms with Crippen molar-refractivity contribution in [2.75, 3.05) is 50.0 Å². The van der Waals surface area contributed by atoms with E-state index in [0.717, 1.165) is 92.2 Å². The molecule has 6 rings (SSSR count). The monoisotopic (exact) mass is 627 g/mol. The van der Waals surface area contributed by atoms with E-state index in [2.05, 4.69) is 24.5 Å². The van der Waals surface area contributed by atoms with E-state index >= 15 is 0 Å². The predicted octanol–water partition coefficient (Wildman–Crippen LogP) is 4.69. The maximum absolute atomic E-state index is 12.4. The van der Waals surface area contributed by atoms with Crippen LogP contribution in [0.5, 0.6) is 11.5 Å². The summed E-state index contributed by atoms with van der Waals surface area (Å²) in [6.45, 7) is 5.08. The lowest BCUT2D eigenvalue weighted by molar-refractivity contribution is -0.274. The topological polar surface area (TPSA) is 123 Å². The van der Waals surface area contributed by atoms with E-state index in [1.807, 2.05) is 18.2 Å². The highest BCUT2D eigenvalue weighted by Crippen LogP contribution is 2.39. The number of nitrogens with zero attached hydrogens (tertiary/aromatic N) is 4. The normalized spacial score (nSPS) is 19.8. The molecule has 13 heteroatoms. The van der Waals surface area contributed by atoms with Crippen LogP contribution in [0.4, 0.5) is 24.9 Å². The fourth-order valence-electron chi connectivity index (χ4n) is 6.27. The van der Waals surface area contributed by atoms with E-state index < -0.39 is 12.3 Å². The van der Waals surface area contributed by atoms with Gasteiger partial charge >= 0.3 is 12.3 Å². The first kappa shape index (κ1) is 30.9. The zero-order valence-electron chi connectivity index (χ0n) is 24.8. The molecule has 3 aromatic rings. The summed E-state index contributed by atoms with van der Waals surface area (Å²) < 4.78 is 53.1. The van der Waals surface area contributed by atoms with Crippen molar-refractivity contribution in [3.05, 3.63) is 59.2 Å². The molecule has 240 valence electrons. The van der Waals surface area contributed by atoms with Crippen LogP contribution in [0.3, 0.4) is 0 Å². The van der Waals surface area contributed by atoms with Gasteiger partial charge in [0, 0.05) is 50.3 Å². The molecule has 3 N–H and O–H groups in total. The molecule has 1 saturated heterocycles. The Morgan fingerprint density at radius 3 is 2.44 bits per heavy atom. The molecule has 2 heterocycles. The van der Waals surface area contributed by atoms with Crippen LogP contribution in [0.2, 0.25) is 0 Å². The third-order valence-corrected chi connectivity index (χ3v) is 8.63. The number of alkyl halides is 3. The zero-order chi connectivity index (χ0) is 31.6. The SMILES string of the molecule is Nc1nc2c(c(N3CCN(CCOC4CC(CC(=O)O)C4)CC3)n1)CCc1cc(OCc3ccc(OC(F)(F)F)cc3)ccc1-2. The lowest BCUT2D eigenvalue weighted by atomic mass is 9.80. The Balaban J connectivity index is 1.03. The maximum Gasteiger partial charge on any atom is 0.573 e. The second kappa shape index (κ2) is 13.1. The number of halogens is 3. The van der Waals surface area contributed by atoms with Gasteiger partial charge in [0.2, 0.25) is 5.95 Å². The van der Waals surface area contributed by atoms with Crippen LogP contribution < -0.4 is 20.1 Å². The van der Waals surface area contributed by atoms with Crippen molar-refractivity contribution in [1.29, 1.82) is 0 Å². The lowest BCUT2D eigenvalue weighted by Crippen LogP contribution is -2.48. The summed E-state index contributed by atoms with van der Waals surface area (Å²) in [5.41, 5.74) is 10.9. The third-order valence-electron chi connectivity index (χ3n) is 8.63. The van der Waals surface area contributed by atoms with Crippen LogP contribution in [-0.2, 0) is 29.0 Å². The highest BCUT2D eigenvalue weighted by molar-refractivity contribution is 5.76. The van der Waals surface area contributed by atoms with E-state index in [0.29, 0.717) is 12.4 Å². The molecule has 0 amide bonds. The number of carboxylic acids is 1. The Kier molecular flexibility index (Phi) is 8.99. The largest absolute Gasteiger partial charge is 0.573 e. The third kappa shape index (κ3) is 7.77. The van der Waals surface area contributed by atoms with E-state index in [4.69, 9.17) is 20.3 Å². The molecule has 0 unspecified atom stereocenters. The van der Waals surface area contributed by atoms with Gasteiger partial charge in [0.1, 0.15) is 23.9 Å². The average molecular weight is 628 g/mol. The number of nitrogen functional groups attached to an aromatic ring is 1. The number of benzene rings is 2. The van der Waals surface area contributed by atoms with E-state index in [-0.39, 0.29) is 36.7 Å². The summed E-state index contributed by atoms with van der Waals surface area (Å²) in [6, 6.07) is 11.4. The highest BCUT2D eigenvalue weighted by atomic mass is 19.4. The molecular formula is C32H36F3N5O5. The van der Waals surface area contributed by atoms with Gasteiger partial charge in [-0.3, -0.25) is 9.69 Å². The standard InChI is InChI=1S/C32H36F3N5O5/c33-32(34,35)45-23-4-1-20(2-5-23)19-44-24-6-8-26-22(18-24)3-7-27-29(26)37-31(36)38-30(27)40-11-9-39(10-12-40)13-14-43-25-15-21(16-25)17-28(41)42/h1-2,4-6,8,18,21,25H,3,7,9-17,19H2,(H,41,42)(H2,36,37,38). The number of hydrogen-bond acceptors (Lipinski definition) is 9. The number of ether oxygens (including phenoxy) is 3. The van der Waals surface area contributed by atoms with Gasteiger partial charge in [-0.25, -0.2) is 4.98 Å². The molecule has 1 saturated carbocycles. The maximum atomic E-state index is 12.4. The minimum atomic E-state index is -4.73. The first-order chi connectivity index (χ1) is 21.6. The van der Waals surface area contributed by atoms with Crippen LogP contribution in [0.15, 0.2) is 42.5 Å². The van der Waals surface area contributed by atoms with Crippen molar-refractivity contribution in [2.45, 2.75) is 51.2 Å². The molecule has 0 bridgehead atoms. The number of carboxylic acid groups (broad SMARTS) is 1. The Morgan fingerprint density at radius 2 is 1.73 bits per heavy atom. The number of aryl methyl sites for hydroxylation is 1. The number of fused-ring (bicyclic) bond motifs is 3. The fraction of sp³-hybridized carbons (Fsp3) is 0.469. The summed E-state index contributed by atoms with van der Waals surface area (Å²) in [5.74, 6) is 1.01. The van der Waals surface area contributed by atoms with Gasteiger partial charge in [-0.1, -0.05) is 12.1 Å². The molecule has 0 atom stereocenters. The summed E-state index contributed by atoms with van der Waals surface area (Å²) >= 11 is 0.